The zero-order chi connectivity index (χ0) is 19.9. The molecule has 0 radical (unpaired) electrons. The first-order chi connectivity index (χ1) is 13.7. The van der Waals surface area contributed by atoms with Crippen LogP contribution in [0.3, 0.4) is 0 Å². The van der Waals surface area contributed by atoms with Gasteiger partial charge in [0.1, 0.15) is 0 Å². The second-order valence-corrected chi connectivity index (χ2v) is 8.36. The molecule has 6 nitrogen and oxygen atoms in total. The van der Waals surface area contributed by atoms with E-state index in [2.05, 4.69) is 0 Å². The fourth-order valence-electron chi connectivity index (χ4n) is 4.38. The van der Waals surface area contributed by atoms with Gasteiger partial charge in [0.2, 0.25) is 0 Å². The maximum atomic E-state index is 11.8. The number of hydrogen-bond donors (Lipinski definition) is 0. The lowest BCUT2D eigenvalue weighted by Crippen LogP contribution is -2.20. The molecule has 2 saturated carbocycles. The predicted molar refractivity (Wildman–Crippen MR) is 104 cm³/mol. The van der Waals surface area contributed by atoms with E-state index >= 15 is 0 Å². The van der Waals surface area contributed by atoms with Crippen molar-refractivity contribution < 1.29 is 28.5 Å². The van der Waals surface area contributed by atoms with Gasteiger partial charge in [-0.2, -0.15) is 0 Å². The zero-order valence-corrected chi connectivity index (χ0v) is 17.4. The van der Waals surface area contributed by atoms with Crippen LogP contribution in [0.2, 0.25) is 0 Å². The van der Waals surface area contributed by atoms with E-state index in [1.54, 1.807) is 0 Å². The highest BCUT2D eigenvalue weighted by Gasteiger charge is 2.44. The molecule has 28 heavy (non-hydrogen) atoms. The summed E-state index contributed by atoms with van der Waals surface area (Å²) in [5.74, 6) is 0.597. The predicted octanol–water partition coefficient (Wildman–Crippen LogP) is 3.79. The van der Waals surface area contributed by atoms with E-state index in [9.17, 15) is 9.59 Å². The van der Waals surface area contributed by atoms with Crippen molar-refractivity contribution in [3.8, 4) is 0 Å². The van der Waals surface area contributed by atoms with E-state index in [1.165, 1.54) is 0 Å². The molecule has 0 aromatic heterocycles. The molecule has 2 aliphatic heterocycles. The quantitative estimate of drug-likeness (QED) is 0.335. The van der Waals surface area contributed by atoms with Crippen molar-refractivity contribution in [1.82, 2.24) is 0 Å². The molecule has 0 aromatic carbocycles. The number of carbonyl (C=O) groups excluding carboxylic acids is 2. The Balaban J connectivity index is 0.00000109. The van der Waals surface area contributed by atoms with Crippen LogP contribution in [0.15, 0.2) is 0 Å². The number of carbonyl (C=O) groups is 2. The molecule has 4 rings (SSSR count). The minimum absolute atomic E-state index is 0.154. The van der Waals surface area contributed by atoms with Crippen molar-refractivity contribution in [2.24, 2.45) is 11.8 Å². The van der Waals surface area contributed by atoms with Gasteiger partial charge in [0.25, 0.3) is 0 Å². The van der Waals surface area contributed by atoms with Gasteiger partial charge in [-0.3, -0.25) is 9.59 Å². The molecule has 2 heterocycles. The third-order valence-electron chi connectivity index (χ3n) is 6.20. The molecular weight excluding hydrogens is 360 g/mol. The second kappa shape index (κ2) is 10.6. The van der Waals surface area contributed by atoms with Crippen molar-refractivity contribution in [2.75, 3.05) is 13.2 Å². The molecule has 0 spiro atoms. The maximum Gasteiger partial charge on any atom is 0.305 e. The first-order valence-corrected chi connectivity index (χ1v) is 11.3. The molecule has 0 amide bonds. The van der Waals surface area contributed by atoms with Gasteiger partial charge in [-0.1, -0.05) is 13.8 Å². The molecule has 0 aromatic rings. The van der Waals surface area contributed by atoms with Crippen LogP contribution in [0.4, 0.5) is 0 Å². The molecule has 0 bridgehead atoms. The molecule has 6 heteroatoms. The van der Waals surface area contributed by atoms with E-state index in [-0.39, 0.29) is 11.9 Å². The summed E-state index contributed by atoms with van der Waals surface area (Å²) in [6.45, 7) is 5.03. The Morgan fingerprint density at radius 1 is 0.714 bits per heavy atom. The minimum Gasteiger partial charge on any atom is -0.465 e. The van der Waals surface area contributed by atoms with Crippen LogP contribution in [-0.2, 0) is 28.5 Å². The van der Waals surface area contributed by atoms with Crippen LogP contribution in [0.1, 0.15) is 78.1 Å². The van der Waals surface area contributed by atoms with E-state index in [0.717, 1.165) is 38.5 Å². The summed E-state index contributed by atoms with van der Waals surface area (Å²) in [5.41, 5.74) is 0. The normalized spacial score (nSPS) is 34.8. The number of hydrogen-bond acceptors (Lipinski definition) is 6. The Labute approximate surface area is 168 Å². The summed E-state index contributed by atoms with van der Waals surface area (Å²) in [7, 11) is 0. The topological polar surface area (TPSA) is 77.7 Å². The van der Waals surface area contributed by atoms with E-state index in [0.29, 0.717) is 75.1 Å². The fourth-order valence-corrected chi connectivity index (χ4v) is 4.38. The maximum absolute atomic E-state index is 11.8. The second-order valence-electron chi connectivity index (χ2n) is 8.36. The summed E-state index contributed by atoms with van der Waals surface area (Å²) in [6, 6.07) is 0. The van der Waals surface area contributed by atoms with Gasteiger partial charge in [0, 0.05) is 12.8 Å². The largest absolute Gasteiger partial charge is 0.465 e. The van der Waals surface area contributed by atoms with E-state index in [4.69, 9.17) is 18.9 Å². The van der Waals surface area contributed by atoms with E-state index < -0.39 is 0 Å². The number of esters is 2. The van der Waals surface area contributed by atoms with Crippen molar-refractivity contribution in [2.45, 2.75) is 102 Å². The number of rotatable bonds is 9. The van der Waals surface area contributed by atoms with Crippen LogP contribution in [0.5, 0.6) is 0 Å². The van der Waals surface area contributed by atoms with Crippen molar-refractivity contribution in [1.29, 1.82) is 0 Å². The van der Waals surface area contributed by atoms with Crippen LogP contribution >= 0.6 is 0 Å². The van der Waals surface area contributed by atoms with Crippen LogP contribution in [-0.4, -0.2) is 49.6 Å². The highest BCUT2D eigenvalue weighted by Crippen LogP contribution is 2.40. The fraction of sp³-hybridized carbons (Fsp3) is 0.909. The highest BCUT2D eigenvalue weighted by molar-refractivity contribution is 5.70. The lowest BCUT2D eigenvalue weighted by Gasteiger charge is -2.18. The molecule has 0 N–H and O–H groups in total. The zero-order valence-electron chi connectivity index (χ0n) is 17.4. The highest BCUT2D eigenvalue weighted by atomic mass is 16.6. The van der Waals surface area contributed by atoms with Crippen LogP contribution in [0, 0.1) is 11.8 Å². The molecule has 2 saturated heterocycles. The van der Waals surface area contributed by atoms with Gasteiger partial charge < -0.3 is 18.9 Å². The van der Waals surface area contributed by atoms with Gasteiger partial charge in [-0.25, -0.2) is 0 Å². The average Bonchev–Trinajstić information content (AvgIpc) is 3.63. The Hall–Kier alpha value is -1.14. The Bertz CT molecular complexity index is 475. The first kappa shape index (κ1) is 21.6. The Kier molecular flexibility index (Phi) is 8.15. The summed E-state index contributed by atoms with van der Waals surface area (Å²) in [4.78, 5) is 23.6. The first-order valence-electron chi connectivity index (χ1n) is 11.3. The molecular formula is C22H36O6. The summed E-state index contributed by atoms with van der Waals surface area (Å²) < 4.78 is 21.7. The van der Waals surface area contributed by atoms with Crippen LogP contribution < -0.4 is 0 Å². The lowest BCUT2D eigenvalue weighted by atomic mass is 9.90. The molecule has 6 atom stereocenters. The third-order valence-corrected chi connectivity index (χ3v) is 6.20. The SMILES string of the molecule is CC.O=C(CCCCC(=O)OCC1CCC2OC2C1)OCC1CCC2OC2C1. The Morgan fingerprint density at radius 3 is 1.54 bits per heavy atom. The van der Waals surface area contributed by atoms with Gasteiger partial charge in [0.15, 0.2) is 0 Å². The third kappa shape index (κ3) is 6.73. The summed E-state index contributed by atoms with van der Waals surface area (Å²) >= 11 is 0. The average molecular weight is 397 g/mol. The Morgan fingerprint density at radius 2 is 1.14 bits per heavy atom. The van der Waals surface area contributed by atoms with Crippen molar-refractivity contribution in [3.05, 3.63) is 0 Å². The van der Waals surface area contributed by atoms with Crippen molar-refractivity contribution >= 4 is 11.9 Å². The summed E-state index contributed by atoms with van der Waals surface area (Å²) in [5, 5.41) is 0. The van der Waals surface area contributed by atoms with Crippen molar-refractivity contribution in [3.63, 3.8) is 0 Å². The number of fused-ring (bicyclic) bond motifs is 2. The molecule has 160 valence electrons. The molecule has 6 unspecified atom stereocenters. The van der Waals surface area contributed by atoms with Gasteiger partial charge in [0.05, 0.1) is 37.6 Å². The number of ether oxygens (including phenoxy) is 4. The van der Waals surface area contributed by atoms with Gasteiger partial charge in [-0.05, 0) is 63.2 Å². The molecule has 2 aliphatic carbocycles. The number of epoxide rings is 2. The smallest absolute Gasteiger partial charge is 0.305 e. The van der Waals surface area contributed by atoms with Gasteiger partial charge in [-0.15, -0.1) is 0 Å². The standard InChI is InChI=1S/C20H30O6.C2H6/c21-19(23-11-13-5-7-15-17(9-13)25-15)3-1-2-4-20(22)24-12-14-6-8-16-18(10-14)26-16;1-2/h13-18H,1-12H2;1-2H3. The molecule has 4 aliphatic rings. The molecule has 4 fully saturated rings. The number of unbranched alkanes of at least 4 members (excludes halogenated alkanes) is 1. The summed E-state index contributed by atoms with van der Waals surface area (Å²) in [6.07, 6.45) is 10.4. The minimum atomic E-state index is -0.154. The van der Waals surface area contributed by atoms with Gasteiger partial charge >= 0.3 is 11.9 Å². The monoisotopic (exact) mass is 396 g/mol. The van der Waals surface area contributed by atoms with E-state index in [1.807, 2.05) is 13.8 Å². The lowest BCUT2D eigenvalue weighted by molar-refractivity contribution is -0.147. The van der Waals surface area contributed by atoms with Crippen LogP contribution in [0.25, 0.3) is 0 Å².